The molecule has 2 aromatic rings. The zero-order chi connectivity index (χ0) is 22.8. The van der Waals surface area contributed by atoms with Crippen molar-refractivity contribution in [1.29, 1.82) is 0 Å². The minimum Gasteiger partial charge on any atom is -0.338 e. The van der Waals surface area contributed by atoms with Gasteiger partial charge in [0.05, 0.1) is 0 Å². The van der Waals surface area contributed by atoms with E-state index in [2.05, 4.69) is 0 Å². The Bertz CT molecular complexity index is 1090. The number of likely N-dealkylation sites (tertiary alicyclic amines) is 1. The van der Waals surface area contributed by atoms with Crippen molar-refractivity contribution in [3.05, 3.63) is 68.1 Å². The number of aromatic nitrogens is 1. The summed E-state index contributed by atoms with van der Waals surface area (Å²) < 4.78 is 1.50. The van der Waals surface area contributed by atoms with Crippen molar-refractivity contribution in [1.82, 2.24) is 14.4 Å². The summed E-state index contributed by atoms with van der Waals surface area (Å²) in [4.78, 5) is 43.3. The van der Waals surface area contributed by atoms with Crippen molar-refractivity contribution in [3.63, 3.8) is 0 Å². The second-order valence-corrected chi connectivity index (χ2v) is 9.26. The van der Waals surface area contributed by atoms with Gasteiger partial charge in [0, 0.05) is 45.0 Å². The number of hydrogen-bond acceptors (Lipinski definition) is 3. The first kappa shape index (κ1) is 22.3. The largest absolute Gasteiger partial charge is 0.338 e. The Morgan fingerprint density at radius 2 is 1.53 bits per heavy atom. The molecule has 0 radical (unpaired) electrons. The van der Waals surface area contributed by atoms with Gasteiger partial charge in [0.1, 0.15) is 5.56 Å². The summed E-state index contributed by atoms with van der Waals surface area (Å²) in [6, 6.07) is 5.78. The maximum absolute atomic E-state index is 13.4. The van der Waals surface area contributed by atoms with Crippen LogP contribution in [0, 0.1) is 13.8 Å². The summed E-state index contributed by atoms with van der Waals surface area (Å²) >= 11 is 0. The molecule has 1 fully saturated rings. The first-order chi connectivity index (χ1) is 15.4. The third-order valence-corrected chi connectivity index (χ3v) is 6.96. The van der Waals surface area contributed by atoms with Crippen LogP contribution in [0.2, 0.25) is 0 Å². The van der Waals surface area contributed by atoms with Gasteiger partial charge in [-0.3, -0.25) is 14.4 Å². The van der Waals surface area contributed by atoms with Gasteiger partial charge in [0.2, 0.25) is 0 Å². The van der Waals surface area contributed by atoms with Crippen molar-refractivity contribution >= 4 is 11.8 Å². The zero-order valence-corrected chi connectivity index (χ0v) is 19.4. The van der Waals surface area contributed by atoms with Crippen molar-refractivity contribution in [2.45, 2.75) is 58.9 Å². The molecule has 0 unspecified atom stereocenters. The van der Waals surface area contributed by atoms with Crippen LogP contribution in [0.15, 0.2) is 29.2 Å². The van der Waals surface area contributed by atoms with Crippen LogP contribution in [0.4, 0.5) is 0 Å². The molecule has 0 saturated carbocycles. The minimum atomic E-state index is -0.232. The van der Waals surface area contributed by atoms with E-state index in [1.807, 2.05) is 41.8 Å². The number of rotatable bonds is 2. The molecule has 32 heavy (non-hydrogen) atoms. The van der Waals surface area contributed by atoms with Crippen LogP contribution >= 0.6 is 0 Å². The van der Waals surface area contributed by atoms with Crippen LogP contribution in [0.5, 0.6) is 0 Å². The minimum absolute atomic E-state index is 0.00996. The predicted molar refractivity (Wildman–Crippen MR) is 125 cm³/mol. The summed E-state index contributed by atoms with van der Waals surface area (Å²) in [6.07, 6.45) is 7.76. The number of benzene rings is 1. The third kappa shape index (κ3) is 4.36. The molecule has 4 rings (SSSR count). The van der Waals surface area contributed by atoms with E-state index in [0.29, 0.717) is 43.7 Å². The number of hydrogen-bond donors (Lipinski definition) is 0. The van der Waals surface area contributed by atoms with Gasteiger partial charge >= 0.3 is 0 Å². The van der Waals surface area contributed by atoms with Crippen LogP contribution in [0.3, 0.4) is 0 Å². The average Bonchev–Trinajstić information content (AvgIpc) is 2.75. The van der Waals surface area contributed by atoms with E-state index in [-0.39, 0.29) is 17.4 Å². The van der Waals surface area contributed by atoms with E-state index in [4.69, 9.17) is 0 Å². The average molecular weight is 436 g/mol. The zero-order valence-electron chi connectivity index (χ0n) is 19.4. The van der Waals surface area contributed by atoms with Gasteiger partial charge in [0.25, 0.3) is 17.4 Å². The molecule has 0 aliphatic carbocycles. The van der Waals surface area contributed by atoms with Gasteiger partial charge in [-0.1, -0.05) is 25.3 Å². The summed E-state index contributed by atoms with van der Waals surface area (Å²) in [5.74, 6) is -0.150. The maximum atomic E-state index is 13.4. The van der Waals surface area contributed by atoms with E-state index in [1.165, 1.54) is 11.0 Å². The number of carbonyl (C=O) groups is 2. The van der Waals surface area contributed by atoms with E-state index < -0.39 is 0 Å². The fraction of sp³-hybridized carbons (Fsp3) is 0.500. The van der Waals surface area contributed by atoms with E-state index >= 15 is 0 Å². The van der Waals surface area contributed by atoms with Crippen molar-refractivity contribution < 1.29 is 9.59 Å². The Labute approximate surface area is 189 Å². The number of aryl methyl sites for hydroxylation is 3. The molecule has 3 heterocycles. The monoisotopic (exact) mass is 435 g/mol. The lowest BCUT2D eigenvalue weighted by molar-refractivity contribution is 0.0727. The van der Waals surface area contributed by atoms with Crippen LogP contribution in [0.25, 0.3) is 0 Å². The van der Waals surface area contributed by atoms with Crippen molar-refractivity contribution in [2.75, 3.05) is 19.6 Å². The summed E-state index contributed by atoms with van der Waals surface area (Å²) in [5, 5.41) is 0. The number of fused-ring (bicyclic) bond motifs is 1. The molecular weight excluding hydrogens is 402 g/mol. The first-order valence-electron chi connectivity index (χ1n) is 11.7. The summed E-state index contributed by atoms with van der Waals surface area (Å²) in [5.41, 5.74) is 4.73. The second-order valence-electron chi connectivity index (χ2n) is 9.26. The van der Waals surface area contributed by atoms with Gasteiger partial charge < -0.3 is 14.4 Å². The number of nitrogens with zero attached hydrogens (tertiary/aromatic N) is 3. The van der Waals surface area contributed by atoms with Crippen molar-refractivity contribution in [2.24, 2.45) is 7.05 Å². The molecule has 6 nitrogen and oxygen atoms in total. The van der Waals surface area contributed by atoms with E-state index in [9.17, 15) is 14.4 Å². The lowest BCUT2D eigenvalue weighted by Crippen LogP contribution is -2.42. The van der Waals surface area contributed by atoms with Crippen LogP contribution in [-0.2, 0) is 20.0 Å². The highest BCUT2D eigenvalue weighted by molar-refractivity contribution is 5.97. The van der Waals surface area contributed by atoms with Gasteiger partial charge in [-0.25, -0.2) is 0 Å². The fourth-order valence-corrected chi connectivity index (χ4v) is 4.85. The quantitative estimate of drug-likeness (QED) is 0.724. The Kier molecular flexibility index (Phi) is 6.49. The van der Waals surface area contributed by atoms with Crippen LogP contribution < -0.4 is 5.56 Å². The Hall–Kier alpha value is -2.89. The molecule has 0 bridgehead atoms. The molecule has 0 spiro atoms. The summed E-state index contributed by atoms with van der Waals surface area (Å²) in [6.45, 7) is 6.38. The normalized spacial score (nSPS) is 16.8. The highest BCUT2D eigenvalue weighted by Gasteiger charge is 2.30. The maximum Gasteiger partial charge on any atom is 0.263 e. The summed E-state index contributed by atoms with van der Waals surface area (Å²) in [7, 11) is 1.69. The van der Waals surface area contributed by atoms with Gasteiger partial charge in [-0.05, 0) is 67.5 Å². The van der Waals surface area contributed by atoms with Gasteiger partial charge in [0.15, 0.2) is 0 Å². The molecule has 1 aromatic carbocycles. The highest BCUT2D eigenvalue weighted by Crippen LogP contribution is 2.24. The lowest BCUT2D eigenvalue weighted by atomic mass is 9.94. The second kappa shape index (κ2) is 9.31. The molecule has 2 aliphatic rings. The predicted octanol–water partition coefficient (Wildman–Crippen LogP) is 3.61. The SMILES string of the molecule is Cc1ccc(C(=O)N2CCc3c(cn(C)c(=O)c3C(=O)N3CCCCCCC3)C2)cc1C. The lowest BCUT2D eigenvalue weighted by Gasteiger charge is -2.32. The van der Waals surface area contributed by atoms with Crippen molar-refractivity contribution in [3.8, 4) is 0 Å². The molecule has 1 saturated heterocycles. The van der Waals surface area contributed by atoms with Gasteiger partial charge in [-0.2, -0.15) is 0 Å². The van der Waals surface area contributed by atoms with E-state index in [0.717, 1.165) is 47.9 Å². The highest BCUT2D eigenvalue weighted by atomic mass is 16.2. The van der Waals surface area contributed by atoms with E-state index in [1.54, 1.807) is 13.2 Å². The molecule has 6 heteroatoms. The topological polar surface area (TPSA) is 62.6 Å². The van der Waals surface area contributed by atoms with Crippen LogP contribution in [-0.4, -0.2) is 45.8 Å². The standard InChI is InChI=1S/C26H33N3O3/c1-18-9-10-20(15-19(18)2)24(30)29-14-11-22-21(17-29)16-27(3)25(31)23(22)26(32)28-12-7-5-4-6-8-13-28/h9-10,15-16H,4-8,11-14,17H2,1-3H3. The molecule has 2 aliphatic heterocycles. The fourth-order valence-electron chi connectivity index (χ4n) is 4.85. The Morgan fingerprint density at radius 1 is 0.844 bits per heavy atom. The Morgan fingerprint density at radius 3 is 2.22 bits per heavy atom. The number of amides is 2. The molecule has 2 amide bonds. The smallest absolute Gasteiger partial charge is 0.263 e. The molecule has 170 valence electrons. The Balaban J connectivity index is 1.62. The first-order valence-corrected chi connectivity index (χ1v) is 11.7. The van der Waals surface area contributed by atoms with Gasteiger partial charge in [-0.15, -0.1) is 0 Å². The number of pyridine rings is 1. The van der Waals surface area contributed by atoms with Crippen LogP contribution in [0.1, 0.15) is 75.1 Å². The molecule has 0 atom stereocenters. The molecule has 1 aromatic heterocycles. The molecule has 0 N–H and O–H groups in total. The molecular formula is C26H33N3O3. The third-order valence-electron chi connectivity index (χ3n) is 6.96. The number of carbonyl (C=O) groups excluding carboxylic acids is 2.